The molecule has 0 fully saturated rings. The second-order valence-electron chi connectivity index (χ2n) is 8.54. The predicted molar refractivity (Wildman–Crippen MR) is 124 cm³/mol. The summed E-state index contributed by atoms with van der Waals surface area (Å²) in [6, 6.07) is 6.73. The standard InChI is InChI=1S/C25H25F2N5O2/c1-15-9-18(10-19(26)24(15)27)22-13-31-8-4-5-17(11-23(31)30-34-22)20-6-7-21(25(29-20)33-3)32-12-16(2)28-14-32/h6-7,9-12,14,22H,4-5,8,13H2,1-3H3. The molecule has 5 rings (SSSR count). The van der Waals surface area contributed by atoms with Crippen LogP contribution in [0.3, 0.4) is 0 Å². The zero-order valence-corrected chi connectivity index (χ0v) is 19.3. The monoisotopic (exact) mass is 465 g/mol. The average molecular weight is 466 g/mol. The fourth-order valence-electron chi connectivity index (χ4n) is 4.33. The molecule has 0 saturated heterocycles. The molecule has 176 valence electrons. The number of rotatable bonds is 4. The third kappa shape index (κ3) is 4.13. The minimum Gasteiger partial charge on any atom is -0.479 e. The van der Waals surface area contributed by atoms with Crippen LogP contribution in [0.15, 0.2) is 48.0 Å². The molecule has 0 spiro atoms. The van der Waals surface area contributed by atoms with Crippen LogP contribution in [0.1, 0.15) is 41.5 Å². The van der Waals surface area contributed by atoms with E-state index in [1.165, 1.54) is 6.07 Å². The summed E-state index contributed by atoms with van der Waals surface area (Å²) in [5.41, 5.74) is 4.37. The van der Waals surface area contributed by atoms with Crippen molar-refractivity contribution >= 4 is 11.4 Å². The summed E-state index contributed by atoms with van der Waals surface area (Å²) in [4.78, 5) is 16.8. The van der Waals surface area contributed by atoms with Crippen molar-refractivity contribution in [3.63, 3.8) is 0 Å². The van der Waals surface area contributed by atoms with Crippen molar-refractivity contribution < 1.29 is 18.4 Å². The second-order valence-corrected chi connectivity index (χ2v) is 8.54. The van der Waals surface area contributed by atoms with E-state index in [1.807, 2.05) is 35.9 Å². The molecule has 2 aliphatic rings. The maximum absolute atomic E-state index is 13.9. The summed E-state index contributed by atoms with van der Waals surface area (Å²) < 4.78 is 35.1. The Morgan fingerprint density at radius 3 is 2.76 bits per heavy atom. The van der Waals surface area contributed by atoms with E-state index >= 15 is 0 Å². The van der Waals surface area contributed by atoms with Gasteiger partial charge in [-0.05, 0) is 68.2 Å². The van der Waals surface area contributed by atoms with Crippen molar-refractivity contribution in [2.75, 3.05) is 20.2 Å². The minimum atomic E-state index is -0.874. The van der Waals surface area contributed by atoms with Crippen LogP contribution in [0.4, 0.5) is 8.78 Å². The molecule has 4 heterocycles. The number of methoxy groups -OCH3 is 1. The Morgan fingerprint density at radius 1 is 1.18 bits per heavy atom. The van der Waals surface area contributed by atoms with Crippen molar-refractivity contribution in [2.45, 2.75) is 32.8 Å². The van der Waals surface area contributed by atoms with E-state index in [9.17, 15) is 8.78 Å². The number of aryl methyl sites for hydroxylation is 2. The van der Waals surface area contributed by atoms with Gasteiger partial charge in [0.1, 0.15) is 5.69 Å². The van der Waals surface area contributed by atoms with Gasteiger partial charge < -0.3 is 19.0 Å². The lowest BCUT2D eigenvalue weighted by atomic mass is 10.0. The predicted octanol–water partition coefficient (Wildman–Crippen LogP) is 4.74. The molecule has 34 heavy (non-hydrogen) atoms. The molecule has 9 heteroatoms. The van der Waals surface area contributed by atoms with Crippen LogP contribution in [0.5, 0.6) is 5.88 Å². The zero-order chi connectivity index (χ0) is 23.8. The summed E-state index contributed by atoms with van der Waals surface area (Å²) in [7, 11) is 1.60. The quantitative estimate of drug-likeness (QED) is 0.557. The largest absolute Gasteiger partial charge is 0.479 e. The highest BCUT2D eigenvalue weighted by molar-refractivity contribution is 5.99. The number of allylic oxidation sites excluding steroid dienone is 1. The van der Waals surface area contributed by atoms with Crippen molar-refractivity contribution in [2.24, 2.45) is 5.16 Å². The molecule has 2 aromatic heterocycles. The van der Waals surface area contributed by atoms with Crippen molar-refractivity contribution in [3.05, 3.63) is 77.0 Å². The molecular weight excluding hydrogens is 440 g/mol. The van der Waals surface area contributed by atoms with Gasteiger partial charge >= 0.3 is 0 Å². The molecule has 0 bridgehead atoms. The van der Waals surface area contributed by atoms with Gasteiger partial charge in [-0.15, -0.1) is 0 Å². The highest BCUT2D eigenvalue weighted by Crippen LogP contribution is 2.31. The van der Waals surface area contributed by atoms with Gasteiger partial charge in [0.15, 0.2) is 23.6 Å². The molecule has 0 N–H and O–H groups in total. The molecule has 0 radical (unpaired) electrons. The number of oxime groups is 1. The minimum absolute atomic E-state index is 0.251. The summed E-state index contributed by atoms with van der Waals surface area (Å²) in [5.74, 6) is -0.505. The Morgan fingerprint density at radius 2 is 2.03 bits per heavy atom. The van der Waals surface area contributed by atoms with Crippen LogP contribution in [-0.2, 0) is 4.84 Å². The fourth-order valence-corrected chi connectivity index (χ4v) is 4.33. The van der Waals surface area contributed by atoms with E-state index in [4.69, 9.17) is 14.6 Å². The number of ether oxygens (including phenoxy) is 1. The molecule has 7 nitrogen and oxygen atoms in total. The average Bonchev–Trinajstić information content (AvgIpc) is 3.15. The number of benzene rings is 1. The highest BCUT2D eigenvalue weighted by atomic mass is 19.2. The Balaban J connectivity index is 1.42. The SMILES string of the molecule is COc1nc(C2=CC3=NOC(c4cc(C)c(F)c(F)c4)CN3CCC2)ccc1-n1cnc(C)c1. The topological polar surface area (TPSA) is 64.8 Å². The Labute approximate surface area is 196 Å². The molecule has 1 unspecified atom stereocenters. The molecule has 0 aliphatic carbocycles. The number of halogens is 2. The van der Waals surface area contributed by atoms with E-state index in [0.29, 0.717) is 23.8 Å². The lowest BCUT2D eigenvalue weighted by Crippen LogP contribution is -2.38. The van der Waals surface area contributed by atoms with Crippen LogP contribution < -0.4 is 4.74 Å². The van der Waals surface area contributed by atoms with Crippen molar-refractivity contribution in [3.8, 4) is 11.6 Å². The first-order valence-electron chi connectivity index (χ1n) is 11.1. The number of aromatic nitrogens is 3. The molecule has 3 aromatic rings. The number of nitrogens with zero attached hydrogens (tertiary/aromatic N) is 5. The van der Waals surface area contributed by atoms with Crippen LogP contribution in [-0.4, -0.2) is 45.5 Å². The third-order valence-electron chi connectivity index (χ3n) is 6.12. The van der Waals surface area contributed by atoms with Crippen LogP contribution in [0, 0.1) is 25.5 Å². The first-order valence-corrected chi connectivity index (χ1v) is 11.1. The lowest BCUT2D eigenvalue weighted by Gasteiger charge is -2.31. The van der Waals surface area contributed by atoms with Gasteiger partial charge in [0.05, 0.1) is 31.4 Å². The van der Waals surface area contributed by atoms with Gasteiger partial charge in [-0.1, -0.05) is 5.16 Å². The van der Waals surface area contributed by atoms with Crippen molar-refractivity contribution in [1.82, 2.24) is 19.4 Å². The third-order valence-corrected chi connectivity index (χ3v) is 6.12. The Hall–Kier alpha value is -3.75. The van der Waals surface area contributed by atoms with Crippen LogP contribution in [0.2, 0.25) is 0 Å². The van der Waals surface area contributed by atoms with E-state index in [-0.39, 0.29) is 5.56 Å². The zero-order valence-electron chi connectivity index (χ0n) is 19.3. The lowest BCUT2D eigenvalue weighted by molar-refractivity contribution is 0.0207. The van der Waals surface area contributed by atoms with Gasteiger partial charge in [0, 0.05) is 18.3 Å². The number of imidazole rings is 1. The molecule has 1 atom stereocenters. The van der Waals surface area contributed by atoms with Gasteiger partial charge in [-0.2, -0.15) is 0 Å². The van der Waals surface area contributed by atoms with Gasteiger partial charge in [0.25, 0.3) is 0 Å². The van der Waals surface area contributed by atoms with E-state index in [0.717, 1.165) is 42.0 Å². The molecular formula is C25H25F2N5O2. The van der Waals surface area contributed by atoms with E-state index in [2.05, 4.69) is 15.0 Å². The Kier molecular flexibility index (Phi) is 5.77. The van der Waals surface area contributed by atoms with E-state index in [1.54, 1.807) is 26.4 Å². The Bertz CT molecular complexity index is 1280. The van der Waals surface area contributed by atoms with Crippen LogP contribution in [0.25, 0.3) is 11.3 Å². The first kappa shape index (κ1) is 22.1. The summed E-state index contributed by atoms with van der Waals surface area (Å²) in [6.45, 7) is 4.74. The molecule has 1 aromatic carbocycles. The maximum atomic E-state index is 13.9. The van der Waals surface area contributed by atoms with Gasteiger partial charge in [0.2, 0.25) is 5.88 Å². The summed E-state index contributed by atoms with van der Waals surface area (Å²) in [5, 5.41) is 4.32. The first-order chi connectivity index (χ1) is 16.4. The van der Waals surface area contributed by atoms with Gasteiger partial charge in [-0.25, -0.2) is 18.7 Å². The second kappa shape index (κ2) is 8.89. The van der Waals surface area contributed by atoms with Gasteiger partial charge in [-0.3, -0.25) is 0 Å². The van der Waals surface area contributed by atoms with E-state index < -0.39 is 17.7 Å². The summed E-state index contributed by atoms with van der Waals surface area (Å²) >= 11 is 0. The number of fused-ring (bicyclic) bond motifs is 1. The smallest absolute Gasteiger partial charge is 0.238 e. The number of hydrogen-bond donors (Lipinski definition) is 0. The van der Waals surface area contributed by atoms with Crippen molar-refractivity contribution in [1.29, 1.82) is 0 Å². The number of pyridine rings is 1. The molecule has 0 saturated carbocycles. The maximum Gasteiger partial charge on any atom is 0.238 e. The fraction of sp³-hybridized carbons (Fsp3) is 0.320. The number of amidine groups is 1. The summed E-state index contributed by atoms with van der Waals surface area (Å²) in [6.07, 6.45) is 6.86. The van der Waals surface area contributed by atoms with Crippen LogP contribution >= 0.6 is 0 Å². The number of hydrogen-bond acceptors (Lipinski definition) is 6. The highest BCUT2D eigenvalue weighted by Gasteiger charge is 2.28. The normalized spacial score (nSPS) is 17.9. The molecule has 2 aliphatic heterocycles. The molecule has 0 amide bonds.